The van der Waals surface area contributed by atoms with Crippen molar-refractivity contribution in [3.8, 4) is 0 Å². The summed E-state index contributed by atoms with van der Waals surface area (Å²) < 4.78 is 2.58. The highest BCUT2D eigenvalue weighted by Crippen LogP contribution is 2.25. The maximum Gasteiger partial charge on any atom is 0.0846 e. The van der Waals surface area contributed by atoms with Crippen molar-refractivity contribution in [2.75, 3.05) is 0 Å². The summed E-state index contributed by atoms with van der Waals surface area (Å²) in [5.74, 6) is 5.60. The molecule has 0 amide bonds. The topological polar surface area (TPSA) is 68.8 Å². The summed E-state index contributed by atoms with van der Waals surface area (Å²) in [5, 5.41) is 8.61. The van der Waals surface area contributed by atoms with Gasteiger partial charge in [-0.2, -0.15) is 0 Å². The molecule has 2 rings (SSSR count). The lowest BCUT2D eigenvalue weighted by atomic mass is 10.0. The zero-order valence-corrected chi connectivity index (χ0v) is 12.1. The number of hydrogen-bond donors (Lipinski definition) is 2. The highest BCUT2D eigenvalue weighted by molar-refractivity contribution is 9.10. The van der Waals surface area contributed by atoms with Crippen LogP contribution in [-0.2, 0) is 13.5 Å². The number of nitrogens with one attached hydrogen (secondary N) is 1. The van der Waals surface area contributed by atoms with Crippen molar-refractivity contribution < 1.29 is 0 Å². The SMILES string of the molecule is Cn1cc(CC(NN)c2cc(Cl)cc(Br)c2)nn1. The van der Waals surface area contributed by atoms with E-state index >= 15 is 0 Å². The van der Waals surface area contributed by atoms with Gasteiger partial charge in [-0.25, -0.2) is 0 Å². The molecule has 0 saturated carbocycles. The van der Waals surface area contributed by atoms with E-state index in [1.807, 2.05) is 31.4 Å². The van der Waals surface area contributed by atoms with Crippen molar-refractivity contribution >= 4 is 27.5 Å². The van der Waals surface area contributed by atoms with Crippen molar-refractivity contribution in [2.45, 2.75) is 12.5 Å². The Kier molecular flexibility index (Phi) is 4.34. The molecule has 2 aromatic rings. The molecule has 96 valence electrons. The summed E-state index contributed by atoms with van der Waals surface area (Å²) in [6, 6.07) is 5.64. The molecule has 0 aliphatic carbocycles. The van der Waals surface area contributed by atoms with Crippen LogP contribution in [0.3, 0.4) is 0 Å². The lowest BCUT2D eigenvalue weighted by Gasteiger charge is -2.15. The van der Waals surface area contributed by atoms with E-state index in [1.165, 1.54) is 0 Å². The summed E-state index contributed by atoms with van der Waals surface area (Å²) in [5.41, 5.74) is 4.65. The van der Waals surface area contributed by atoms with Gasteiger partial charge >= 0.3 is 0 Å². The number of nitrogens with zero attached hydrogens (tertiary/aromatic N) is 3. The number of hydrazine groups is 1. The standard InChI is InChI=1S/C11H13BrClN5/c1-18-6-10(16-17-18)5-11(15-14)7-2-8(12)4-9(13)3-7/h2-4,6,11,15H,5,14H2,1H3. The third-order valence-corrected chi connectivity index (χ3v) is 3.23. The fourth-order valence-corrected chi connectivity index (χ4v) is 2.63. The number of halogens is 2. The van der Waals surface area contributed by atoms with Gasteiger partial charge in [-0.3, -0.25) is 16.0 Å². The van der Waals surface area contributed by atoms with E-state index in [9.17, 15) is 0 Å². The molecular formula is C11H13BrClN5. The van der Waals surface area contributed by atoms with Gasteiger partial charge in [-0.05, 0) is 23.8 Å². The van der Waals surface area contributed by atoms with Gasteiger partial charge in [-0.1, -0.05) is 32.7 Å². The molecule has 0 aliphatic heterocycles. The van der Waals surface area contributed by atoms with E-state index in [0.717, 1.165) is 15.7 Å². The van der Waals surface area contributed by atoms with Gasteiger partial charge in [0.05, 0.1) is 11.7 Å². The third-order valence-electron chi connectivity index (χ3n) is 2.55. The summed E-state index contributed by atoms with van der Waals surface area (Å²) in [6.45, 7) is 0. The Balaban J connectivity index is 2.22. The van der Waals surface area contributed by atoms with E-state index < -0.39 is 0 Å². The first-order valence-electron chi connectivity index (χ1n) is 5.36. The Hall–Kier alpha value is -0.950. The zero-order valence-electron chi connectivity index (χ0n) is 9.77. The Morgan fingerprint density at radius 2 is 2.28 bits per heavy atom. The minimum atomic E-state index is -0.0586. The molecule has 0 spiro atoms. The first-order valence-corrected chi connectivity index (χ1v) is 6.53. The molecule has 5 nitrogen and oxygen atoms in total. The van der Waals surface area contributed by atoms with E-state index in [0.29, 0.717) is 11.4 Å². The second kappa shape index (κ2) is 5.79. The Morgan fingerprint density at radius 3 is 2.83 bits per heavy atom. The molecule has 18 heavy (non-hydrogen) atoms. The molecule has 7 heteroatoms. The maximum atomic E-state index is 6.03. The molecule has 0 fully saturated rings. The fourth-order valence-electron chi connectivity index (χ4n) is 1.75. The number of aromatic nitrogens is 3. The molecule has 1 atom stereocenters. The van der Waals surface area contributed by atoms with Crippen LogP contribution in [0.25, 0.3) is 0 Å². The molecule has 0 bridgehead atoms. The largest absolute Gasteiger partial charge is 0.271 e. The van der Waals surface area contributed by atoms with Crippen LogP contribution in [0.4, 0.5) is 0 Å². The number of benzene rings is 1. The maximum absolute atomic E-state index is 6.03. The number of rotatable bonds is 4. The average molecular weight is 331 g/mol. The lowest BCUT2D eigenvalue weighted by molar-refractivity contribution is 0.545. The molecule has 1 aromatic carbocycles. The van der Waals surface area contributed by atoms with E-state index in [-0.39, 0.29) is 6.04 Å². The van der Waals surface area contributed by atoms with E-state index in [1.54, 1.807) is 4.68 Å². The first-order chi connectivity index (χ1) is 8.58. The number of hydrogen-bond acceptors (Lipinski definition) is 4. The Morgan fingerprint density at radius 1 is 1.50 bits per heavy atom. The molecular weight excluding hydrogens is 318 g/mol. The normalized spacial score (nSPS) is 12.7. The molecule has 3 N–H and O–H groups in total. The molecule has 0 radical (unpaired) electrons. The first kappa shape index (κ1) is 13.5. The average Bonchev–Trinajstić information content (AvgIpc) is 2.70. The van der Waals surface area contributed by atoms with Gasteiger partial charge in [-0.15, -0.1) is 5.10 Å². The van der Waals surface area contributed by atoms with Crippen LogP contribution >= 0.6 is 27.5 Å². The number of aryl methyl sites for hydroxylation is 1. The van der Waals surface area contributed by atoms with Crippen LogP contribution in [0.2, 0.25) is 5.02 Å². The zero-order chi connectivity index (χ0) is 13.1. The number of nitrogens with two attached hydrogens (primary N) is 1. The quantitative estimate of drug-likeness (QED) is 0.664. The van der Waals surface area contributed by atoms with Crippen LogP contribution in [0.15, 0.2) is 28.9 Å². The molecule has 1 heterocycles. The van der Waals surface area contributed by atoms with Crippen molar-refractivity contribution in [1.82, 2.24) is 20.4 Å². The predicted octanol–water partition coefficient (Wildman–Crippen LogP) is 1.98. The monoisotopic (exact) mass is 329 g/mol. The van der Waals surface area contributed by atoms with Crippen LogP contribution in [0.1, 0.15) is 17.3 Å². The Labute approximate surface area is 118 Å². The van der Waals surface area contributed by atoms with Crippen LogP contribution in [-0.4, -0.2) is 15.0 Å². The van der Waals surface area contributed by atoms with Crippen molar-refractivity contribution in [2.24, 2.45) is 12.9 Å². The molecule has 1 unspecified atom stereocenters. The van der Waals surface area contributed by atoms with Gasteiger partial charge in [0, 0.05) is 29.2 Å². The van der Waals surface area contributed by atoms with Crippen LogP contribution in [0.5, 0.6) is 0 Å². The summed E-state index contributed by atoms with van der Waals surface area (Å²) in [7, 11) is 1.83. The van der Waals surface area contributed by atoms with Gasteiger partial charge in [0.15, 0.2) is 0 Å². The van der Waals surface area contributed by atoms with Gasteiger partial charge < -0.3 is 0 Å². The third kappa shape index (κ3) is 3.29. The van der Waals surface area contributed by atoms with Gasteiger partial charge in [0.2, 0.25) is 0 Å². The van der Waals surface area contributed by atoms with Crippen molar-refractivity contribution in [1.29, 1.82) is 0 Å². The molecule has 1 aromatic heterocycles. The second-order valence-electron chi connectivity index (χ2n) is 4.01. The van der Waals surface area contributed by atoms with Crippen LogP contribution < -0.4 is 11.3 Å². The summed E-state index contributed by atoms with van der Waals surface area (Å²) in [6.07, 6.45) is 2.51. The highest BCUT2D eigenvalue weighted by Gasteiger charge is 2.14. The van der Waals surface area contributed by atoms with Gasteiger partial charge in [0.1, 0.15) is 0 Å². The molecule has 0 saturated heterocycles. The van der Waals surface area contributed by atoms with E-state index in [4.69, 9.17) is 17.4 Å². The Bertz CT molecular complexity index is 522. The predicted molar refractivity (Wildman–Crippen MR) is 73.9 cm³/mol. The lowest BCUT2D eigenvalue weighted by Crippen LogP contribution is -2.29. The van der Waals surface area contributed by atoms with E-state index in [2.05, 4.69) is 31.7 Å². The minimum Gasteiger partial charge on any atom is -0.271 e. The van der Waals surface area contributed by atoms with Crippen molar-refractivity contribution in [3.05, 3.63) is 45.1 Å². The van der Waals surface area contributed by atoms with Crippen LogP contribution in [0, 0.1) is 0 Å². The second-order valence-corrected chi connectivity index (χ2v) is 5.36. The summed E-state index contributed by atoms with van der Waals surface area (Å²) in [4.78, 5) is 0. The minimum absolute atomic E-state index is 0.0586. The fraction of sp³-hybridized carbons (Fsp3) is 0.273. The van der Waals surface area contributed by atoms with Crippen molar-refractivity contribution in [3.63, 3.8) is 0 Å². The summed E-state index contributed by atoms with van der Waals surface area (Å²) >= 11 is 9.44. The molecule has 0 aliphatic rings. The van der Waals surface area contributed by atoms with Gasteiger partial charge in [0.25, 0.3) is 0 Å². The smallest absolute Gasteiger partial charge is 0.0846 e. The highest BCUT2D eigenvalue weighted by atomic mass is 79.9.